The number of hydrogen-bond donors (Lipinski definition) is 2. The monoisotopic (exact) mass is 381 g/mol. The van der Waals surface area contributed by atoms with Gasteiger partial charge in [-0.15, -0.1) is 0 Å². The van der Waals surface area contributed by atoms with Crippen LogP contribution in [-0.4, -0.2) is 23.6 Å². The van der Waals surface area contributed by atoms with Crippen LogP contribution in [0.1, 0.15) is 55.7 Å². The minimum atomic E-state index is -1.01. The maximum absolute atomic E-state index is 12.7. The molecule has 2 N–H and O–H groups in total. The van der Waals surface area contributed by atoms with Crippen LogP contribution in [0.2, 0.25) is 0 Å². The lowest BCUT2D eigenvalue weighted by molar-refractivity contribution is -0.139. The summed E-state index contributed by atoms with van der Waals surface area (Å²) >= 11 is 0. The van der Waals surface area contributed by atoms with E-state index in [1.807, 2.05) is 25.1 Å². The molecule has 3 rings (SSSR count). The van der Waals surface area contributed by atoms with E-state index >= 15 is 0 Å². The zero-order chi connectivity index (χ0) is 19.9. The van der Waals surface area contributed by atoms with Gasteiger partial charge < -0.3 is 15.2 Å². The van der Waals surface area contributed by atoms with Crippen LogP contribution in [0.3, 0.4) is 0 Å². The zero-order valence-electron chi connectivity index (χ0n) is 16.1. The first-order valence-electron chi connectivity index (χ1n) is 9.83. The van der Waals surface area contributed by atoms with E-state index in [1.165, 1.54) is 5.56 Å². The highest BCUT2D eigenvalue weighted by Gasteiger charge is 2.27. The van der Waals surface area contributed by atoms with Gasteiger partial charge in [0.05, 0.1) is 6.04 Å². The molecule has 28 heavy (non-hydrogen) atoms. The minimum Gasteiger partial charge on any atom is -0.482 e. The third kappa shape index (κ3) is 5.35. The molecular weight excluding hydrogens is 354 g/mol. The lowest BCUT2D eigenvalue weighted by atomic mass is 9.78. The van der Waals surface area contributed by atoms with Crippen molar-refractivity contribution in [3.05, 3.63) is 65.7 Å². The first-order valence-corrected chi connectivity index (χ1v) is 9.83. The van der Waals surface area contributed by atoms with Crippen molar-refractivity contribution in [1.82, 2.24) is 5.32 Å². The Morgan fingerprint density at radius 2 is 1.68 bits per heavy atom. The molecular formula is C23H27NO4. The predicted octanol–water partition coefficient (Wildman–Crippen LogP) is 4.30. The maximum Gasteiger partial charge on any atom is 0.341 e. The molecule has 1 amide bonds. The third-order valence-electron chi connectivity index (χ3n) is 5.47. The molecule has 1 unspecified atom stereocenters. The molecule has 0 spiro atoms. The molecule has 0 bridgehead atoms. The van der Waals surface area contributed by atoms with Gasteiger partial charge in [-0.05, 0) is 61.8 Å². The number of carboxylic acids is 1. The van der Waals surface area contributed by atoms with Crippen LogP contribution in [0.4, 0.5) is 0 Å². The molecule has 1 aliphatic carbocycles. The Morgan fingerprint density at radius 3 is 2.29 bits per heavy atom. The van der Waals surface area contributed by atoms with Crippen molar-refractivity contribution < 1.29 is 19.4 Å². The molecule has 2 aromatic rings. The fourth-order valence-corrected chi connectivity index (χ4v) is 3.83. The Labute approximate surface area is 165 Å². The van der Waals surface area contributed by atoms with Crippen molar-refractivity contribution in [1.29, 1.82) is 0 Å². The van der Waals surface area contributed by atoms with E-state index in [0.29, 0.717) is 11.7 Å². The Balaban J connectivity index is 1.48. The third-order valence-corrected chi connectivity index (χ3v) is 5.47. The Hall–Kier alpha value is -2.82. The predicted molar refractivity (Wildman–Crippen MR) is 107 cm³/mol. The normalized spacial score (nSPS) is 20.2. The topological polar surface area (TPSA) is 75.6 Å². The number of rotatable bonds is 7. The standard InChI is InChI=1S/C23H27NO4/c1-16(17-11-13-21(14-12-17)28-15-22(25)26)24-23(27)20-9-7-19(8-10-20)18-5-3-2-4-6-18/h2-6,11-14,16,19-20H,7-10,15H2,1H3,(H,24,27)(H,25,26). The Kier molecular flexibility index (Phi) is 6.69. The lowest BCUT2D eigenvalue weighted by Crippen LogP contribution is -2.34. The highest BCUT2D eigenvalue weighted by Crippen LogP contribution is 2.36. The quantitative estimate of drug-likeness (QED) is 0.750. The number of benzene rings is 2. The molecule has 0 radical (unpaired) electrons. The molecule has 0 saturated heterocycles. The van der Waals surface area contributed by atoms with Crippen LogP contribution >= 0.6 is 0 Å². The van der Waals surface area contributed by atoms with Crippen LogP contribution in [-0.2, 0) is 9.59 Å². The number of carboxylic acid groups (broad SMARTS) is 1. The number of aliphatic carboxylic acids is 1. The van der Waals surface area contributed by atoms with Crippen molar-refractivity contribution in [2.75, 3.05) is 6.61 Å². The van der Waals surface area contributed by atoms with E-state index in [0.717, 1.165) is 31.2 Å². The maximum atomic E-state index is 12.7. The molecule has 0 aromatic heterocycles. The fraction of sp³-hybridized carbons (Fsp3) is 0.391. The largest absolute Gasteiger partial charge is 0.482 e. The second-order valence-electron chi connectivity index (χ2n) is 7.44. The van der Waals surface area contributed by atoms with Gasteiger partial charge in [0.15, 0.2) is 6.61 Å². The summed E-state index contributed by atoms with van der Waals surface area (Å²) in [7, 11) is 0. The van der Waals surface area contributed by atoms with Crippen molar-refractivity contribution in [3.63, 3.8) is 0 Å². The van der Waals surface area contributed by atoms with Crippen molar-refractivity contribution in [2.45, 2.75) is 44.6 Å². The average molecular weight is 381 g/mol. The molecule has 1 atom stereocenters. The summed E-state index contributed by atoms with van der Waals surface area (Å²) in [6.07, 6.45) is 3.93. The van der Waals surface area contributed by atoms with E-state index < -0.39 is 5.97 Å². The average Bonchev–Trinajstić information content (AvgIpc) is 2.73. The van der Waals surface area contributed by atoms with Gasteiger partial charge in [0.2, 0.25) is 5.91 Å². The minimum absolute atomic E-state index is 0.0700. The lowest BCUT2D eigenvalue weighted by Gasteiger charge is -2.29. The molecule has 148 valence electrons. The molecule has 1 fully saturated rings. The van der Waals surface area contributed by atoms with Crippen LogP contribution in [0.15, 0.2) is 54.6 Å². The SMILES string of the molecule is CC(NC(=O)C1CCC(c2ccccc2)CC1)c1ccc(OCC(=O)O)cc1. The van der Waals surface area contributed by atoms with Gasteiger partial charge in [0.25, 0.3) is 0 Å². The van der Waals surface area contributed by atoms with Gasteiger partial charge in [0.1, 0.15) is 5.75 Å². The smallest absolute Gasteiger partial charge is 0.341 e. The second-order valence-corrected chi connectivity index (χ2v) is 7.44. The number of ether oxygens (including phenoxy) is 1. The van der Waals surface area contributed by atoms with E-state index in [9.17, 15) is 9.59 Å². The van der Waals surface area contributed by atoms with Crippen LogP contribution in [0.5, 0.6) is 5.75 Å². The molecule has 5 nitrogen and oxygen atoms in total. The van der Waals surface area contributed by atoms with Crippen LogP contribution in [0.25, 0.3) is 0 Å². The summed E-state index contributed by atoms with van der Waals surface area (Å²) in [5.74, 6) is 0.238. The fourth-order valence-electron chi connectivity index (χ4n) is 3.83. The number of nitrogens with one attached hydrogen (secondary N) is 1. The molecule has 1 saturated carbocycles. The molecule has 2 aromatic carbocycles. The summed E-state index contributed by atoms with van der Waals surface area (Å²) < 4.78 is 5.14. The molecule has 0 heterocycles. The Bertz CT molecular complexity index is 780. The van der Waals surface area contributed by atoms with E-state index in [4.69, 9.17) is 9.84 Å². The van der Waals surface area contributed by atoms with Gasteiger partial charge >= 0.3 is 5.97 Å². The van der Waals surface area contributed by atoms with Crippen molar-refractivity contribution >= 4 is 11.9 Å². The zero-order valence-corrected chi connectivity index (χ0v) is 16.1. The van der Waals surface area contributed by atoms with Gasteiger partial charge in [-0.2, -0.15) is 0 Å². The van der Waals surface area contributed by atoms with E-state index in [-0.39, 0.29) is 24.5 Å². The molecule has 0 aliphatic heterocycles. The molecule has 5 heteroatoms. The summed E-state index contributed by atoms with van der Waals surface area (Å²) in [6, 6.07) is 17.6. The Morgan fingerprint density at radius 1 is 1.04 bits per heavy atom. The number of amides is 1. The van der Waals surface area contributed by atoms with Crippen molar-refractivity contribution in [3.8, 4) is 5.75 Å². The van der Waals surface area contributed by atoms with E-state index in [1.54, 1.807) is 12.1 Å². The first kappa shape index (κ1) is 19.9. The highest BCUT2D eigenvalue weighted by molar-refractivity contribution is 5.79. The highest BCUT2D eigenvalue weighted by atomic mass is 16.5. The van der Waals surface area contributed by atoms with Crippen LogP contribution in [0, 0.1) is 5.92 Å². The summed E-state index contributed by atoms with van der Waals surface area (Å²) in [4.78, 5) is 23.2. The second kappa shape index (κ2) is 9.40. The number of carbonyl (C=O) groups excluding carboxylic acids is 1. The van der Waals surface area contributed by atoms with Crippen LogP contribution < -0.4 is 10.1 Å². The number of hydrogen-bond acceptors (Lipinski definition) is 3. The summed E-state index contributed by atoms with van der Waals surface area (Å²) in [6.45, 7) is 1.60. The van der Waals surface area contributed by atoms with Gasteiger partial charge in [-0.3, -0.25) is 4.79 Å². The van der Waals surface area contributed by atoms with Gasteiger partial charge in [-0.25, -0.2) is 4.79 Å². The first-order chi connectivity index (χ1) is 13.5. The van der Waals surface area contributed by atoms with Gasteiger partial charge in [0, 0.05) is 5.92 Å². The number of carbonyl (C=O) groups is 2. The summed E-state index contributed by atoms with van der Waals surface area (Å²) in [5, 5.41) is 11.8. The van der Waals surface area contributed by atoms with Crippen molar-refractivity contribution in [2.24, 2.45) is 5.92 Å². The molecule has 1 aliphatic rings. The van der Waals surface area contributed by atoms with E-state index in [2.05, 4.69) is 29.6 Å². The summed E-state index contributed by atoms with van der Waals surface area (Å²) in [5.41, 5.74) is 2.34. The van der Waals surface area contributed by atoms with Gasteiger partial charge in [-0.1, -0.05) is 42.5 Å².